The first-order chi connectivity index (χ1) is 21.3. The van der Waals surface area contributed by atoms with Crippen LogP contribution in [-0.2, 0) is 35.3 Å². The molecule has 2 heterocycles. The summed E-state index contributed by atoms with van der Waals surface area (Å²) in [4.78, 5) is 26.5. The lowest BCUT2D eigenvalue weighted by atomic mass is 9.76. The summed E-state index contributed by atoms with van der Waals surface area (Å²) in [6.45, 7) is 1.82. The van der Waals surface area contributed by atoms with Gasteiger partial charge in [-0.15, -0.1) is 0 Å². The zero-order chi connectivity index (χ0) is 33.9. The quantitative estimate of drug-likeness (QED) is 0.0944. The Bertz CT molecular complexity index is 1870. The number of rotatable bonds is 8. The van der Waals surface area contributed by atoms with Crippen molar-refractivity contribution in [1.29, 1.82) is 0 Å². The molecular weight excluding hydrogens is 678 g/mol. The first-order valence-corrected chi connectivity index (χ1v) is 15.7. The zero-order valence-corrected chi connectivity index (χ0v) is 24.5. The molecular formula is C27H18F6O11S2. The highest BCUT2D eigenvalue weighted by Crippen LogP contribution is 2.58. The van der Waals surface area contributed by atoms with Crippen molar-refractivity contribution in [3.63, 3.8) is 0 Å². The van der Waals surface area contributed by atoms with Crippen LogP contribution in [0.4, 0.5) is 26.3 Å². The maximum atomic E-state index is 13.3. The van der Waals surface area contributed by atoms with Gasteiger partial charge in [-0.3, -0.25) is 0 Å². The van der Waals surface area contributed by atoms with E-state index in [1.54, 1.807) is 0 Å². The maximum Gasteiger partial charge on any atom is 0.534 e. The minimum atomic E-state index is -6.19. The molecule has 0 aromatic heterocycles. The lowest BCUT2D eigenvalue weighted by Crippen LogP contribution is -2.35. The number of carbonyl (C=O) groups is 2. The van der Waals surface area contributed by atoms with Gasteiger partial charge in [0.25, 0.3) is 0 Å². The molecule has 0 unspecified atom stereocenters. The Labute approximate surface area is 255 Å². The van der Waals surface area contributed by atoms with E-state index in [0.717, 1.165) is 24.3 Å². The predicted molar refractivity (Wildman–Crippen MR) is 141 cm³/mol. The standard InChI is InChI=1S/C27H18F6O11S2/c1-2-3-11-40-23(34)16-5-4-6-17-22(16)25(42-24(17)35)18-9-7-14(43-45(36,37)26(28,29)30)12-20(18)41-21-13-15(8-10-19(21)25)44-46(38,39)27(31,32)33/h4-10,12-13H,2-3,11H2,1H3. The molecule has 0 N–H and O–H groups in total. The summed E-state index contributed by atoms with van der Waals surface area (Å²) >= 11 is 0. The van der Waals surface area contributed by atoms with Gasteiger partial charge in [-0.1, -0.05) is 19.4 Å². The van der Waals surface area contributed by atoms with Crippen molar-refractivity contribution in [2.24, 2.45) is 0 Å². The van der Waals surface area contributed by atoms with E-state index in [4.69, 9.17) is 14.2 Å². The van der Waals surface area contributed by atoms with Crippen LogP contribution in [0.3, 0.4) is 0 Å². The molecule has 0 amide bonds. The van der Waals surface area contributed by atoms with E-state index in [9.17, 15) is 52.8 Å². The molecule has 0 radical (unpaired) electrons. The molecule has 2 aliphatic rings. The van der Waals surface area contributed by atoms with E-state index in [1.807, 2.05) is 6.92 Å². The highest BCUT2D eigenvalue weighted by molar-refractivity contribution is 7.88. The fourth-order valence-corrected chi connectivity index (χ4v) is 5.66. The third-order valence-electron chi connectivity index (χ3n) is 6.70. The van der Waals surface area contributed by atoms with Gasteiger partial charge in [0.2, 0.25) is 0 Å². The lowest BCUT2D eigenvalue weighted by Gasteiger charge is -2.37. The number of esters is 2. The number of unbranched alkanes of at least 4 members (excludes halogenated alkanes) is 1. The van der Waals surface area contributed by atoms with Gasteiger partial charge in [-0.25, -0.2) is 9.59 Å². The summed E-state index contributed by atoms with van der Waals surface area (Å²) in [6, 6.07) is 8.73. The van der Waals surface area contributed by atoms with Crippen LogP contribution in [0.25, 0.3) is 0 Å². The number of hydrogen-bond donors (Lipinski definition) is 0. The van der Waals surface area contributed by atoms with Crippen molar-refractivity contribution < 1.29 is 75.3 Å². The summed E-state index contributed by atoms with van der Waals surface area (Å²) in [7, 11) is -12.4. The molecule has 0 bridgehead atoms. The van der Waals surface area contributed by atoms with Gasteiger partial charge < -0.3 is 22.6 Å². The minimum absolute atomic E-state index is 0.0140. The van der Waals surface area contributed by atoms with Gasteiger partial charge in [0, 0.05) is 28.8 Å². The Kier molecular flexibility index (Phi) is 7.91. The van der Waals surface area contributed by atoms with Crippen molar-refractivity contribution in [2.45, 2.75) is 36.4 Å². The highest BCUT2D eigenvalue weighted by atomic mass is 32.2. The fourth-order valence-electron chi connectivity index (χ4n) is 4.75. The topological polar surface area (TPSA) is 149 Å². The van der Waals surface area contributed by atoms with Crippen molar-refractivity contribution in [1.82, 2.24) is 0 Å². The zero-order valence-electron chi connectivity index (χ0n) is 22.9. The number of hydrogen-bond acceptors (Lipinski definition) is 11. The van der Waals surface area contributed by atoms with E-state index in [1.165, 1.54) is 18.2 Å². The number of carbonyl (C=O) groups excluding carboxylic acids is 2. The van der Waals surface area contributed by atoms with Gasteiger partial charge in [0.1, 0.15) is 23.0 Å². The van der Waals surface area contributed by atoms with Crippen LogP contribution in [0, 0.1) is 0 Å². The fraction of sp³-hybridized carbons (Fsp3) is 0.259. The van der Waals surface area contributed by atoms with E-state index < -0.39 is 71.8 Å². The van der Waals surface area contributed by atoms with Gasteiger partial charge in [0.05, 0.1) is 17.7 Å². The maximum absolute atomic E-state index is 13.3. The Morgan fingerprint density at radius 2 is 1.35 bits per heavy atom. The summed E-state index contributed by atoms with van der Waals surface area (Å²) in [6.07, 6.45) is 1.14. The molecule has 19 heteroatoms. The molecule has 0 saturated heterocycles. The van der Waals surface area contributed by atoms with Crippen molar-refractivity contribution in [3.05, 3.63) is 82.4 Å². The van der Waals surface area contributed by atoms with Crippen molar-refractivity contribution in [2.75, 3.05) is 6.61 Å². The van der Waals surface area contributed by atoms with Crippen molar-refractivity contribution >= 4 is 32.2 Å². The summed E-state index contributed by atoms with van der Waals surface area (Å²) in [5, 5.41) is 0. The Morgan fingerprint density at radius 1 is 0.826 bits per heavy atom. The van der Waals surface area contributed by atoms with E-state index in [2.05, 4.69) is 8.37 Å². The monoisotopic (exact) mass is 696 g/mol. The number of alkyl halides is 6. The molecule has 3 aromatic carbocycles. The molecule has 5 rings (SSSR count). The average Bonchev–Trinajstić information content (AvgIpc) is 3.24. The van der Waals surface area contributed by atoms with Gasteiger partial charge >= 0.3 is 43.2 Å². The van der Waals surface area contributed by atoms with Crippen molar-refractivity contribution in [3.8, 4) is 23.0 Å². The van der Waals surface area contributed by atoms with Crippen LogP contribution in [-0.4, -0.2) is 46.4 Å². The molecule has 2 aliphatic heterocycles. The SMILES string of the molecule is CCCCOC(=O)c1cccc2c1C1(OC2=O)c2ccc(OS(=O)(=O)C(F)(F)F)cc2Oc2cc(OS(=O)(=O)C(F)(F)F)ccc21. The molecule has 0 atom stereocenters. The van der Waals surface area contributed by atoms with E-state index in [0.29, 0.717) is 25.0 Å². The molecule has 1 spiro atoms. The molecule has 0 fully saturated rings. The second kappa shape index (κ2) is 11.1. The third-order valence-corrected chi connectivity index (χ3v) is 8.65. The Morgan fingerprint density at radius 3 is 1.83 bits per heavy atom. The second-order valence-electron chi connectivity index (χ2n) is 9.67. The molecule has 0 aliphatic carbocycles. The van der Waals surface area contributed by atoms with Crippen LogP contribution >= 0.6 is 0 Å². The third kappa shape index (κ3) is 5.46. The first kappa shape index (κ1) is 32.9. The van der Waals surface area contributed by atoms with Gasteiger partial charge in [-0.05, 0) is 42.8 Å². The number of fused-ring (bicyclic) bond motifs is 6. The first-order valence-electron chi connectivity index (χ1n) is 12.8. The second-order valence-corrected chi connectivity index (χ2v) is 12.7. The molecule has 11 nitrogen and oxygen atoms in total. The Hall–Kier alpha value is -4.52. The smallest absolute Gasteiger partial charge is 0.462 e. The largest absolute Gasteiger partial charge is 0.534 e. The number of benzene rings is 3. The molecule has 246 valence electrons. The van der Waals surface area contributed by atoms with Crippen LogP contribution in [0.5, 0.6) is 23.0 Å². The molecule has 3 aromatic rings. The average molecular weight is 697 g/mol. The van der Waals surface area contributed by atoms with Gasteiger partial charge in [0.15, 0.2) is 5.60 Å². The summed E-state index contributed by atoms with van der Waals surface area (Å²) in [5.74, 6) is -4.92. The van der Waals surface area contributed by atoms with E-state index in [-0.39, 0.29) is 34.4 Å². The van der Waals surface area contributed by atoms with Crippen LogP contribution in [0.15, 0.2) is 54.6 Å². The predicted octanol–water partition coefficient (Wildman–Crippen LogP) is 5.67. The molecule has 0 saturated carbocycles. The van der Waals surface area contributed by atoms with Crippen LogP contribution in [0.2, 0.25) is 0 Å². The lowest BCUT2D eigenvalue weighted by molar-refractivity contribution is -0.0504. The normalized spacial score (nSPS) is 15.2. The van der Waals surface area contributed by atoms with E-state index >= 15 is 0 Å². The highest BCUT2D eigenvalue weighted by Gasteiger charge is 2.56. The summed E-state index contributed by atoms with van der Waals surface area (Å²) < 4.78 is 150. The molecule has 46 heavy (non-hydrogen) atoms. The minimum Gasteiger partial charge on any atom is -0.462 e. The van der Waals surface area contributed by atoms with Crippen LogP contribution < -0.4 is 13.1 Å². The Balaban J connectivity index is 1.74. The van der Waals surface area contributed by atoms with Gasteiger partial charge in [-0.2, -0.15) is 43.2 Å². The summed E-state index contributed by atoms with van der Waals surface area (Å²) in [5.41, 5.74) is -14.8. The number of ether oxygens (including phenoxy) is 3. The number of halogens is 6. The van der Waals surface area contributed by atoms with Crippen LogP contribution in [0.1, 0.15) is 57.2 Å².